The Balaban J connectivity index is 0.000000505. The van der Waals surface area contributed by atoms with Crippen LogP contribution in [0.25, 0.3) is 0 Å². The first-order valence-corrected chi connectivity index (χ1v) is 13.4. The summed E-state index contributed by atoms with van der Waals surface area (Å²) in [6.45, 7) is 2.03. The van der Waals surface area contributed by atoms with E-state index >= 15 is 0 Å². The normalized spacial score (nSPS) is 22.3. The minimum absolute atomic E-state index is 0.0873. The second kappa shape index (κ2) is 12.5. The molecule has 206 valence electrons. The van der Waals surface area contributed by atoms with Crippen molar-refractivity contribution in [2.75, 3.05) is 6.54 Å². The number of rotatable bonds is 7. The van der Waals surface area contributed by atoms with Gasteiger partial charge in [0.25, 0.3) is 0 Å². The second-order valence-corrected chi connectivity index (χ2v) is 10.4. The topological polar surface area (TPSA) is 135 Å². The molecule has 4 heterocycles. The van der Waals surface area contributed by atoms with Crippen molar-refractivity contribution >= 4 is 11.9 Å². The molecule has 5 rings (SSSR count). The van der Waals surface area contributed by atoms with E-state index < -0.39 is 17.6 Å². The number of hydrogen-bond acceptors (Lipinski definition) is 6. The van der Waals surface area contributed by atoms with Crippen LogP contribution in [0.4, 0.5) is 4.39 Å². The number of aryl methyl sites for hydroxylation is 2. The molecule has 2 aromatic rings. The fraction of sp³-hybridized carbons (Fsp3) is 0.593. The lowest BCUT2D eigenvalue weighted by Gasteiger charge is -2.39. The first kappa shape index (κ1) is 27.7. The van der Waals surface area contributed by atoms with Crippen molar-refractivity contribution in [1.82, 2.24) is 19.0 Å². The first-order chi connectivity index (χ1) is 18.2. The summed E-state index contributed by atoms with van der Waals surface area (Å²) in [7, 11) is 0. The maximum absolute atomic E-state index is 13.9. The van der Waals surface area contributed by atoms with Crippen LogP contribution in [0, 0.1) is 11.7 Å². The third kappa shape index (κ3) is 6.56. The molecule has 1 aromatic carbocycles. The Morgan fingerprint density at radius 3 is 2.34 bits per heavy atom. The van der Waals surface area contributed by atoms with Gasteiger partial charge in [0.1, 0.15) is 11.6 Å². The van der Waals surface area contributed by atoms with Crippen molar-refractivity contribution in [3.63, 3.8) is 0 Å². The van der Waals surface area contributed by atoms with Crippen LogP contribution in [-0.4, -0.2) is 59.8 Å². The van der Waals surface area contributed by atoms with E-state index in [4.69, 9.17) is 19.8 Å². The van der Waals surface area contributed by atoms with Crippen molar-refractivity contribution in [1.29, 1.82) is 0 Å². The number of hydrogen-bond donors (Lipinski definition) is 2. The lowest BCUT2D eigenvalue weighted by atomic mass is 9.86. The number of carboxylic acids is 2. The molecule has 0 radical (unpaired) electrons. The number of carbonyl (C=O) groups is 2. The number of nitrogens with zero attached hydrogens (tertiary/aromatic N) is 4. The second-order valence-electron chi connectivity index (χ2n) is 10.4. The van der Waals surface area contributed by atoms with E-state index in [9.17, 15) is 14.0 Å². The molecule has 3 aliphatic rings. The average molecular weight is 531 g/mol. The van der Waals surface area contributed by atoms with Crippen LogP contribution < -0.4 is 11.4 Å². The predicted molar refractivity (Wildman–Crippen MR) is 137 cm³/mol. The Kier molecular flexibility index (Phi) is 9.09. The number of aromatic nitrogens is 3. The maximum Gasteiger partial charge on any atom is 0.414 e. The Bertz CT molecular complexity index is 1250. The van der Waals surface area contributed by atoms with Crippen LogP contribution in [0.15, 0.2) is 33.9 Å². The average Bonchev–Trinajstić information content (AvgIpc) is 3.12. The third-order valence-electron chi connectivity index (χ3n) is 8.00. The van der Waals surface area contributed by atoms with Crippen molar-refractivity contribution in [2.45, 2.75) is 89.4 Å². The third-order valence-corrected chi connectivity index (χ3v) is 8.00. The quantitative estimate of drug-likeness (QED) is 0.521. The number of aliphatic carboxylic acids is 2. The fourth-order valence-electron chi connectivity index (χ4n) is 6.19. The number of halogens is 1. The molecule has 1 aromatic heterocycles. The SMILES string of the molecule is O=C(O)C(=O)O.O=c1nc2n(c(=O)n1CCCN1C3CCC1CC(CCc1ccccc1F)C3)CCCC2. The van der Waals surface area contributed by atoms with Gasteiger partial charge >= 0.3 is 23.3 Å². The predicted octanol–water partition coefficient (Wildman–Crippen LogP) is 2.30. The van der Waals surface area contributed by atoms with Crippen LogP contribution in [0.5, 0.6) is 0 Å². The zero-order valence-corrected chi connectivity index (χ0v) is 21.4. The van der Waals surface area contributed by atoms with Crippen LogP contribution in [0.1, 0.15) is 62.8 Å². The summed E-state index contributed by atoms with van der Waals surface area (Å²) < 4.78 is 17.0. The summed E-state index contributed by atoms with van der Waals surface area (Å²) in [5.41, 5.74) is 0.255. The number of fused-ring (bicyclic) bond motifs is 3. The van der Waals surface area contributed by atoms with Gasteiger partial charge < -0.3 is 10.2 Å². The standard InChI is InChI=1S/C25H33FN4O2.C2H2O4/c26-22-7-2-1-6-19(22)10-9-18-16-20-11-12-21(17-18)28(20)14-5-15-30-24(31)27-23-8-3-4-13-29(23)25(30)32;3-1(4)2(5)6/h1-2,6-7,18,20-21H,3-5,8-17H2;(H,3,4)(H,5,6). The minimum atomic E-state index is -1.82. The highest BCUT2D eigenvalue weighted by Gasteiger charge is 2.39. The molecule has 38 heavy (non-hydrogen) atoms. The zero-order valence-electron chi connectivity index (χ0n) is 21.4. The molecule has 0 spiro atoms. The molecule has 3 aliphatic heterocycles. The van der Waals surface area contributed by atoms with Gasteiger partial charge in [-0.2, -0.15) is 4.98 Å². The highest BCUT2D eigenvalue weighted by Crippen LogP contribution is 2.40. The van der Waals surface area contributed by atoms with Crippen LogP contribution in [0.3, 0.4) is 0 Å². The Morgan fingerprint density at radius 1 is 1.00 bits per heavy atom. The van der Waals surface area contributed by atoms with Crippen molar-refractivity contribution in [3.05, 3.63) is 62.4 Å². The van der Waals surface area contributed by atoms with E-state index in [0.29, 0.717) is 36.9 Å². The Hall–Kier alpha value is -3.34. The number of carboxylic acid groups (broad SMARTS) is 2. The molecule has 2 atom stereocenters. The van der Waals surface area contributed by atoms with E-state index in [2.05, 4.69) is 9.88 Å². The van der Waals surface area contributed by atoms with Crippen molar-refractivity contribution in [3.8, 4) is 0 Å². The summed E-state index contributed by atoms with van der Waals surface area (Å²) in [5, 5.41) is 14.8. The molecule has 2 saturated heterocycles. The summed E-state index contributed by atoms with van der Waals surface area (Å²) >= 11 is 0. The molecule has 11 heteroatoms. The van der Waals surface area contributed by atoms with E-state index in [-0.39, 0.29) is 11.5 Å². The monoisotopic (exact) mass is 530 g/mol. The molecule has 2 N–H and O–H groups in total. The lowest BCUT2D eigenvalue weighted by Crippen LogP contribution is -2.46. The molecule has 2 unspecified atom stereocenters. The zero-order chi connectivity index (χ0) is 27.2. The molecular weight excluding hydrogens is 495 g/mol. The van der Waals surface area contributed by atoms with E-state index in [1.165, 1.54) is 30.3 Å². The highest BCUT2D eigenvalue weighted by atomic mass is 19.1. The number of piperidine rings is 1. The van der Waals surface area contributed by atoms with Crippen molar-refractivity contribution < 1.29 is 24.2 Å². The van der Waals surface area contributed by atoms with Crippen molar-refractivity contribution in [2.24, 2.45) is 5.92 Å². The van der Waals surface area contributed by atoms with Gasteiger partial charge in [-0.05, 0) is 75.3 Å². The summed E-state index contributed by atoms with van der Waals surface area (Å²) in [6.07, 6.45) is 10.2. The van der Waals surface area contributed by atoms with Gasteiger partial charge in [0.05, 0.1) is 0 Å². The first-order valence-electron chi connectivity index (χ1n) is 13.4. The summed E-state index contributed by atoms with van der Waals surface area (Å²) in [6, 6.07) is 8.29. The molecule has 0 saturated carbocycles. The molecular formula is C27H35FN4O6. The molecule has 2 bridgehead atoms. The van der Waals surface area contributed by atoms with E-state index in [1.807, 2.05) is 12.1 Å². The molecule has 10 nitrogen and oxygen atoms in total. The van der Waals surface area contributed by atoms with Gasteiger partial charge in [-0.3, -0.25) is 9.47 Å². The van der Waals surface area contributed by atoms with Gasteiger partial charge in [0, 0.05) is 38.1 Å². The fourth-order valence-corrected chi connectivity index (χ4v) is 6.19. The highest BCUT2D eigenvalue weighted by molar-refractivity contribution is 6.27. The van der Waals surface area contributed by atoms with Gasteiger partial charge in [-0.1, -0.05) is 18.2 Å². The summed E-state index contributed by atoms with van der Waals surface area (Å²) in [5.74, 6) is -2.43. The van der Waals surface area contributed by atoms with Gasteiger partial charge in [0.2, 0.25) is 0 Å². The Labute approximate surface area is 219 Å². The Morgan fingerprint density at radius 2 is 1.68 bits per heavy atom. The van der Waals surface area contributed by atoms with Gasteiger partial charge in [-0.15, -0.1) is 0 Å². The minimum Gasteiger partial charge on any atom is -0.473 e. The van der Waals surface area contributed by atoms with Gasteiger partial charge in [0.15, 0.2) is 0 Å². The van der Waals surface area contributed by atoms with Crippen LogP contribution in [0.2, 0.25) is 0 Å². The lowest BCUT2D eigenvalue weighted by molar-refractivity contribution is -0.159. The van der Waals surface area contributed by atoms with Crippen LogP contribution >= 0.6 is 0 Å². The smallest absolute Gasteiger partial charge is 0.414 e. The molecule has 0 amide bonds. The van der Waals surface area contributed by atoms with E-state index in [1.54, 1.807) is 16.7 Å². The molecule has 0 aliphatic carbocycles. The largest absolute Gasteiger partial charge is 0.473 e. The summed E-state index contributed by atoms with van der Waals surface area (Å²) in [4.78, 5) is 50.1. The van der Waals surface area contributed by atoms with Gasteiger partial charge in [-0.25, -0.2) is 28.1 Å². The number of benzene rings is 1. The van der Waals surface area contributed by atoms with E-state index in [0.717, 1.165) is 50.6 Å². The van der Waals surface area contributed by atoms with Crippen LogP contribution in [-0.2, 0) is 35.5 Å². The maximum atomic E-state index is 13.9. The molecule has 2 fully saturated rings.